The summed E-state index contributed by atoms with van der Waals surface area (Å²) in [7, 11) is 1.53. The van der Waals surface area contributed by atoms with Gasteiger partial charge in [0.25, 0.3) is 0 Å². The average molecular weight is 383 g/mol. The van der Waals surface area contributed by atoms with Crippen molar-refractivity contribution in [1.29, 1.82) is 0 Å². The maximum Gasteiger partial charge on any atom is 0.161 e. The van der Waals surface area contributed by atoms with E-state index in [2.05, 4.69) is 36.5 Å². The zero-order chi connectivity index (χ0) is 20.1. The lowest BCUT2D eigenvalue weighted by Crippen LogP contribution is -2.34. The summed E-state index contributed by atoms with van der Waals surface area (Å²) < 4.78 is 11.0. The fraction of sp³-hybridized carbons (Fsp3) is 0.435. The molecule has 0 unspecified atom stereocenters. The van der Waals surface area contributed by atoms with Crippen LogP contribution in [0.2, 0.25) is 0 Å². The Bertz CT molecular complexity index is 799. The number of methoxy groups -OCH3 is 1. The highest BCUT2D eigenvalue weighted by atomic mass is 16.5. The first-order chi connectivity index (χ1) is 13.5. The van der Waals surface area contributed by atoms with Gasteiger partial charge in [-0.3, -0.25) is 4.79 Å². The summed E-state index contributed by atoms with van der Waals surface area (Å²) in [6, 6.07) is 13.9. The van der Waals surface area contributed by atoms with Crippen molar-refractivity contribution in [2.45, 2.75) is 38.8 Å². The molecule has 0 spiro atoms. The van der Waals surface area contributed by atoms with Crippen LogP contribution in [0.15, 0.2) is 42.5 Å². The van der Waals surface area contributed by atoms with Gasteiger partial charge >= 0.3 is 0 Å². The van der Waals surface area contributed by atoms with Gasteiger partial charge in [0.2, 0.25) is 0 Å². The van der Waals surface area contributed by atoms with Crippen molar-refractivity contribution < 1.29 is 19.4 Å². The van der Waals surface area contributed by atoms with Crippen molar-refractivity contribution >= 4 is 5.78 Å². The molecule has 0 aromatic heterocycles. The lowest BCUT2D eigenvalue weighted by atomic mass is 10.0. The molecule has 0 saturated heterocycles. The van der Waals surface area contributed by atoms with E-state index in [0.717, 1.165) is 0 Å². The Morgan fingerprint density at radius 2 is 1.89 bits per heavy atom. The molecular formula is C23H29NO4. The van der Waals surface area contributed by atoms with Gasteiger partial charge in [-0.2, -0.15) is 0 Å². The van der Waals surface area contributed by atoms with Crippen molar-refractivity contribution in [3.05, 3.63) is 59.2 Å². The van der Waals surface area contributed by atoms with Crippen LogP contribution >= 0.6 is 0 Å². The van der Waals surface area contributed by atoms with E-state index in [9.17, 15) is 9.90 Å². The number of aryl methyl sites for hydroxylation is 1. The first-order valence-corrected chi connectivity index (χ1v) is 9.77. The number of hydrogen-bond donors (Lipinski definition) is 2. The molecule has 5 nitrogen and oxygen atoms in total. The lowest BCUT2D eigenvalue weighted by molar-refractivity contribution is 0.0998. The number of nitrogens with one attached hydrogen (secondary N) is 1. The van der Waals surface area contributed by atoms with Gasteiger partial charge in [0.15, 0.2) is 17.3 Å². The number of aliphatic hydroxyl groups excluding tert-OH is 1. The Kier molecular flexibility index (Phi) is 6.70. The second kappa shape index (κ2) is 9.22. The van der Waals surface area contributed by atoms with Crippen LogP contribution in [0.3, 0.4) is 0 Å². The molecule has 0 bridgehead atoms. The van der Waals surface area contributed by atoms with Crippen LogP contribution in [-0.4, -0.2) is 37.3 Å². The largest absolute Gasteiger partial charge is 0.493 e. The van der Waals surface area contributed by atoms with E-state index in [-0.39, 0.29) is 18.4 Å². The molecule has 0 aliphatic heterocycles. The maximum absolute atomic E-state index is 11.5. The number of carbonyl (C=O) groups is 1. The van der Waals surface area contributed by atoms with Gasteiger partial charge in [0.05, 0.1) is 7.11 Å². The SMILES string of the molecule is COc1cc(C(C)=O)ccc1OC[C@@H](O)CN[C@H](c1ccc(C)cc1)C1CC1. The number of Topliss-reactive ketones (excluding diaryl/α,β-unsaturated/α-hetero) is 1. The Labute approximate surface area is 166 Å². The van der Waals surface area contributed by atoms with E-state index < -0.39 is 6.10 Å². The first kappa shape index (κ1) is 20.4. The van der Waals surface area contributed by atoms with E-state index in [1.807, 2.05) is 0 Å². The highest BCUT2D eigenvalue weighted by Gasteiger charge is 2.32. The zero-order valence-corrected chi connectivity index (χ0v) is 16.8. The van der Waals surface area contributed by atoms with E-state index in [1.165, 1.54) is 38.0 Å². The predicted octanol–water partition coefficient (Wildman–Crippen LogP) is 3.69. The molecule has 2 N–H and O–H groups in total. The van der Waals surface area contributed by atoms with Gasteiger partial charge in [-0.15, -0.1) is 0 Å². The van der Waals surface area contributed by atoms with Crippen molar-refractivity contribution in [2.75, 3.05) is 20.3 Å². The lowest BCUT2D eigenvalue weighted by Gasteiger charge is -2.22. The van der Waals surface area contributed by atoms with Crippen LogP contribution in [0, 0.1) is 12.8 Å². The molecule has 2 atom stereocenters. The molecule has 0 heterocycles. The maximum atomic E-state index is 11.5. The standard InChI is InChI=1S/C23H29NO4/c1-15-4-6-17(7-5-15)23(18-8-9-18)24-13-20(26)14-28-21-11-10-19(16(2)25)12-22(21)27-3/h4-7,10-12,18,20,23-24,26H,8-9,13-14H2,1-3H3/t20-,23+/m0/s1. The normalized spacial score (nSPS) is 15.7. The number of ketones is 1. The summed E-state index contributed by atoms with van der Waals surface area (Å²) in [4.78, 5) is 11.5. The van der Waals surface area contributed by atoms with Crippen molar-refractivity contribution in [1.82, 2.24) is 5.32 Å². The van der Waals surface area contributed by atoms with Crippen LogP contribution in [0.5, 0.6) is 11.5 Å². The van der Waals surface area contributed by atoms with Crippen molar-refractivity contribution in [3.8, 4) is 11.5 Å². The highest BCUT2D eigenvalue weighted by Crippen LogP contribution is 2.41. The predicted molar refractivity (Wildman–Crippen MR) is 109 cm³/mol. The van der Waals surface area contributed by atoms with Crippen LogP contribution < -0.4 is 14.8 Å². The van der Waals surface area contributed by atoms with E-state index in [0.29, 0.717) is 29.5 Å². The number of aliphatic hydroxyl groups is 1. The molecule has 1 saturated carbocycles. The molecule has 2 aromatic carbocycles. The summed E-state index contributed by atoms with van der Waals surface area (Å²) in [5.41, 5.74) is 3.08. The average Bonchev–Trinajstić information content (AvgIpc) is 3.52. The van der Waals surface area contributed by atoms with E-state index in [1.54, 1.807) is 18.2 Å². The van der Waals surface area contributed by atoms with Crippen molar-refractivity contribution in [3.63, 3.8) is 0 Å². The summed E-state index contributed by atoms with van der Waals surface area (Å²) in [6.45, 7) is 4.19. The molecule has 0 radical (unpaired) electrons. The Hall–Kier alpha value is -2.37. The quantitative estimate of drug-likeness (QED) is 0.613. The minimum atomic E-state index is -0.649. The highest BCUT2D eigenvalue weighted by molar-refractivity contribution is 5.94. The van der Waals surface area contributed by atoms with Gasteiger partial charge in [-0.1, -0.05) is 29.8 Å². The van der Waals surface area contributed by atoms with E-state index in [4.69, 9.17) is 9.47 Å². The summed E-state index contributed by atoms with van der Waals surface area (Å²) in [5.74, 6) is 1.61. The van der Waals surface area contributed by atoms with Crippen molar-refractivity contribution in [2.24, 2.45) is 5.92 Å². The van der Waals surface area contributed by atoms with Gasteiger partial charge in [0, 0.05) is 18.2 Å². The van der Waals surface area contributed by atoms with Crippen LogP contribution in [0.4, 0.5) is 0 Å². The summed E-state index contributed by atoms with van der Waals surface area (Å²) in [6.07, 6.45) is 1.79. The third kappa shape index (κ3) is 5.33. The molecule has 1 aliphatic rings. The molecule has 0 amide bonds. The van der Waals surface area contributed by atoms with Crippen LogP contribution in [-0.2, 0) is 0 Å². The summed E-state index contributed by atoms with van der Waals surface area (Å²) >= 11 is 0. The molecule has 28 heavy (non-hydrogen) atoms. The topological polar surface area (TPSA) is 67.8 Å². The minimum absolute atomic E-state index is 0.0312. The molecule has 5 heteroatoms. The smallest absolute Gasteiger partial charge is 0.161 e. The number of hydrogen-bond acceptors (Lipinski definition) is 5. The van der Waals surface area contributed by atoms with Gasteiger partial charge in [0.1, 0.15) is 12.7 Å². The van der Waals surface area contributed by atoms with Gasteiger partial charge in [-0.05, 0) is 56.4 Å². The Balaban J connectivity index is 1.54. The number of rotatable bonds is 10. The molecule has 1 aliphatic carbocycles. The third-order valence-electron chi connectivity index (χ3n) is 5.10. The zero-order valence-electron chi connectivity index (χ0n) is 16.8. The Morgan fingerprint density at radius 3 is 2.50 bits per heavy atom. The molecule has 150 valence electrons. The minimum Gasteiger partial charge on any atom is -0.493 e. The number of ether oxygens (including phenoxy) is 2. The van der Waals surface area contributed by atoms with E-state index >= 15 is 0 Å². The molecule has 3 rings (SSSR count). The second-order valence-corrected chi connectivity index (χ2v) is 7.52. The van der Waals surface area contributed by atoms with Gasteiger partial charge in [-0.25, -0.2) is 0 Å². The molecular weight excluding hydrogens is 354 g/mol. The second-order valence-electron chi connectivity index (χ2n) is 7.52. The van der Waals surface area contributed by atoms with Crippen LogP contribution in [0.25, 0.3) is 0 Å². The fourth-order valence-corrected chi connectivity index (χ4v) is 3.27. The van der Waals surface area contributed by atoms with Crippen LogP contribution in [0.1, 0.15) is 47.3 Å². The monoisotopic (exact) mass is 383 g/mol. The third-order valence-corrected chi connectivity index (χ3v) is 5.10. The first-order valence-electron chi connectivity index (χ1n) is 9.77. The molecule has 1 fully saturated rings. The van der Waals surface area contributed by atoms with Gasteiger partial charge < -0.3 is 19.9 Å². The fourth-order valence-electron chi connectivity index (χ4n) is 3.27. The molecule has 2 aromatic rings. The number of carbonyl (C=O) groups excluding carboxylic acids is 1. The number of benzene rings is 2. The summed E-state index contributed by atoms with van der Waals surface area (Å²) in [5, 5.41) is 13.9. The Morgan fingerprint density at radius 1 is 1.18 bits per heavy atom.